The maximum atomic E-state index is 3.58. The molecule has 0 aromatic rings. The lowest BCUT2D eigenvalue weighted by atomic mass is 9.87. The van der Waals surface area contributed by atoms with Crippen LogP contribution >= 0.6 is 0 Å². The van der Waals surface area contributed by atoms with Crippen LogP contribution in [0.3, 0.4) is 0 Å². The Labute approximate surface area is 75.9 Å². The lowest BCUT2D eigenvalue weighted by Crippen LogP contribution is -2.18. The van der Waals surface area contributed by atoms with Crippen molar-refractivity contribution in [3.05, 3.63) is 0 Å². The van der Waals surface area contributed by atoms with Gasteiger partial charge >= 0.3 is 0 Å². The Bertz CT molecular complexity index is 162. The van der Waals surface area contributed by atoms with Crippen LogP contribution in [0.5, 0.6) is 0 Å². The first kappa shape index (κ1) is 8.55. The van der Waals surface area contributed by atoms with Crippen molar-refractivity contribution in [1.29, 1.82) is 0 Å². The Morgan fingerprint density at radius 2 is 1.92 bits per heavy atom. The third-order valence-electron chi connectivity index (χ3n) is 3.93. The Morgan fingerprint density at radius 3 is 2.33 bits per heavy atom. The highest BCUT2D eigenvalue weighted by Gasteiger charge is 2.43. The molecular formula is C11H21N. The minimum atomic E-state index is 0.848. The summed E-state index contributed by atoms with van der Waals surface area (Å²) in [5.41, 5.74) is 0. The van der Waals surface area contributed by atoms with Crippen LogP contribution in [0.1, 0.15) is 40.0 Å². The van der Waals surface area contributed by atoms with Crippen molar-refractivity contribution in [2.24, 2.45) is 17.8 Å². The van der Waals surface area contributed by atoms with E-state index in [1.54, 1.807) is 0 Å². The van der Waals surface area contributed by atoms with E-state index in [1.807, 2.05) is 0 Å². The molecule has 3 unspecified atom stereocenters. The van der Waals surface area contributed by atoms with Crippen LogP contribution in [0, 0.1) is 17.8 Å². The molecule has 2 aliphatic rings. The summed E-state index contributed by atoms with van der Waals surface area (Å²) < 4.78 is 0. The van der Waals surface area contributed by atoms with Crippen LogP contribution in [0.4, 0.5) is 0 Å². The minimum absolute atomic E-state index is 0.848. The Balaban J connectivity index is 1.80. The predicted octanol–water partition coefficient (Wildman–Crippen LogP) is 2.42. The van der Waals surface area contributed by atoms with Crippen molar-refractivity contribution in [2.45, 2.75) is 52.1 Å². The van der Waals surface area contributed by atoms with Gasteiger partial charge in [0.15, 0.2) is 0 Å². The maximum Gasteiger partial charge on any atom is 0.0252 e. The van der Waals surface area contributed by atoms with Gasteiger partial charge < -0.3 is 5.32 Å². The van der Waals surface area contributed by atoms with Gasteiger partial charge in [-0.2, -0.15) is 0 Å². The van der Waals surface area contributed by atoms with E-state index in [2.05, 4.69) is 26.1 Å². The summed E-state index contributed by atoms with van der Waals surface area (Å²) in [6.45, 7) is 7.15. The molecule has 1 saturated carbocycles. The molecule has 1 N–H and O–H groups in total. The monoisotopic (exact) mass is 167 g/mol. The maximum absolute atomic E-state index is 3.58. The van der Waals surface area contributed by atoms with Gasteiger partial charge in [-0.15, -0.1) is 0 Å². The van der Waals surface area contributed by atoms with Crippen LogP contribution in [-0.4, -0.2) is 12.1 Å². The van der Waals surface area contributed by atoms with Gasteiger partial charge in [0.2, 0.25) is 0 Å². The van der Waals surface area contributed by atoms with E-state index in [-0.39, 0.29) is 0 Å². The molecule has 12 heavy (non-hydrogen) atoms. The molecule has 1 aliphatic heterocycles. The van der Waals surface area contributed by atoms with Gasteiger partial charge in [0.1, 0.15) is 0 Å². The lowest BCUT2D eigenvalue weighted by molar-refractivity contribution is 0.335. The normalized spacial score (nSPS) is 39.2. The lowest BCUT2D eigenvalue weighted by Gasteiger charge is -2.18. The zero-order chi connectivity index (χ0) is 8.72. The Kier molecular flexibility index (Phi) is 2.16. The topological polar surface area (TPSA) is 21.9 Å². The molecule has 0 amide bonds. The molecule has 2 fully saturated rings. The van der Waals surface area contributed by atoms with Crippen molar-refractivity contribution in [2.75, 3.05) is 0 Å². The van der Waals surface area contributed by atoms with Gasteiger partial charge in [-0.1, -0.05) is 20.8 Å². The molecule has 1 nitrogen and oxygen atoms in total. The highest BCUT2D eigenvalue weighted by Crippen LogP contribution is 2.43. The predicted molar refractivity (Wildman–Crippen MR) is 52.1 cm³/mol. The van der Waals surface area contributed by atoms with Crippen LogP contribution in [0.25, 0.3) is 0 Å². The van der Waals surface area contributed by atoms with Crippen molar-refractivity contribution in [3.63, 3.8) is 0 Å². The summed E-state index contributed by atoms with van der Waals surface area (Å²) in [6.07, 6.45) is 4.30. The highest BCUT2D eigenvalue weighted by atomic mass is 15.2. The quantitative estimate of drug-likeness (QED) is 0.638. The highest BCUT2D eigenvalue weighted by molar-refractivity contribution is 5.02. The zero-order valence-electron chi connectivity index (χ0n) is 8.51. The van der Waals surface area contributed by atoms with Crippen molar-refractivity contribution in [1.82, 2.24) is 5.32 Å². The van der Waals surface area contributed by atoms with E-state index in [1.165, 1.54) is 19.3 Å². The fraction of sp³-hybridized carbons (Fsp3) is 1.00. The standard InChI is InChI=1S/C11H21N/c1-4-10-11(12-10)8(3)7(2)9-5-6-9/h7-12H,4-6H2,1-3H3/t7?,8-,10?,11?/m0/s1. The van der Waals surface area contributed by atoms with E-state index in [0.717, 1.165) is 29.8 Å². The van der Waals surface area contributed by atoms with E-state index in [4.69, 9.17) is 0 Å². The second kappa shape index (κ2) is 3.02. The third kappa shape index (κ3) is 1.52. The molecule has 0 aromatic carbocycles. The van der Waals surface area contributed by atoms with Gasteiger partial charge in [-0.3, -0.25) is 0 Å². The summed E-state index contributed by atoms with van der Waals surface area (Å²) in [4.78, 5) is 0. The number of nitrogens with one attached hydrogen (secondary N) is 1. The van der Waals surface area contributed by atoms with Crippen LogP contribution < -0.4 is 5.32 Å². The van der Waals surface area contributed by atoms with Crippen LogP contribution in [0.2, 0.25) is 0 Å². The first-order valence-corrected chi connectivity index (χ1v) is 5.50. The van der Waals surface area contributed by atoms with E-state index in [0.29, 0.717) is 0 Å². The fourth-order valence-electron chi connectivity index (χ4n) is 2.46. The summed E-state index contributed by atoms with van der Waals surface area (Å²) in [5, 5.41) is 3.58. The van der Waals surface area contributed by atoms with E-state index < -0.39 is 0 Å². The van der Waals surface area contributed by atoms with Crippen molar-refractivity contribution in [3.8, 4) is 0 Å². The van der Waals surface area contributed by atoms with Crippen LogP contribution in [-0.2, 0) is 0 Å². The van der Waals surface area contributed by atoms with Gasteiger partial charge in [0.25, 0.3) is 0 Å². The minimum Gasteiger partial charge on any atom is -0.308 e. The molecule has 4 atom stereocenters. The molecule has 1 saturated heterocycles. The molecule has 0 spiro atoms. The van der Waals surface area contributed by atoms with Gasteiger partial charge in [0.05, 0.1) is 0 Å². The first-order valence-electron chi connectivity index (χ1n) is 5.50. The van der Waals surface area contributed by atoms with Gasteiger partial charge in [0, 0.05) is 12.1 Å². The first-order chi connectivity index (χ1) is 5.74. The molecular weight excluding hydrogens is 146 g/mol. The molecule has 0 aromatic heterocycles. The zero-order valence-corrected chi connectivity index (χ0v) is 8.51. The van der Waals surface area contributed by atoms with E-state index >= 15 is 0 Å². The molecule has 0 bridgehead atoms. The van der Waals surface area contributed by atoms with Gasteiger partial charge in [-0.25, -0.2) is 0 Å². The smallest absolute Gasteiger partial charge is 0.0252 e. The molecule has 1 aliphatic carbocycles. The molecule has 0 radical (unpaired) electrons. The summed E-state index contributed by atoms with van der Waals surface area (Å²) >= 11 is 0. The molecule has 2 rings (SSSR count). The van der Waals surface area contributed by atoms with Gasteiger partial charge in [-0.05, 0) is 37.0 Å². The number of hydrogen-bond acceptors (Lipinski definition) is 1. The Hall–Kier alpha value is -0.0400. The largest absolute Gasteiger partial charge is 0.308 e. The number of hydrogen-bond donors (Lipinski definition) is 1. The fourth-order valence-corrected chi connectivity index (χ4v) is 2.46. The number of rotatable bonds is 4. The van der Waals surface area contributed by atoms with Crippen molar-refractivity contribution >= 4 is 0 Å². The second-order valence-electron chi connectivity index (χ2n) is 4.76. The average Bonchev–Trinajstić information content (AvgIpc) is 2.92. The second-order valence-corrected chi connectivity index (χ2v) is 4.76. The molecule has 1 heteroatoms. The molecule has 70 valence electrons. The summed E-state index contributed by atoms with van der Waals surface area (Å²) in [6, 6.07) is 1.70. The summed E-state index contributed by atoms with van der Waals surface area (Å²) in [5.74, 6) is 2.93. The SMILES string of the molecule is CCC1NC1[C@@H](C)C(C)C1CC1. The summed E-state index contributed by atoms with van der Waals surface area (Å²) in [7, 11) is 0. The average molecular weight is 167 g/mol. The molecule has 1 heterocycles. The van der Waals surface area contributed by atoms with E-state index in [9.17, 15) is 0 Å². The van der Waals surface area contributed by atoms with Crippen molar-refractivity contribution < 1.29 is 0 Å². The van der Waals surface area contributed by atoms with Crippen LogP contribution in [0.15, 0.2) is 0 Å². The Morgan fingerprint density at radius 1 is 1.25 bits per heavy atom. The third-order valence-corrected chi connectivity index (χ3v) is 3.93.